The Balaban J connectivity index is 1.30. The van der Waals surface area contributed by atoms with Crippen LogP contribution in [0.15, 0.2) is 54.9 Å². The molecular formula is C30H34N8O. The quantitative estimate of drug-likeness (QED) is 0.301. The molecule has 0 atom stereocenters. The van der Waals surface area contributed by atoms with E-state index in [-0.39, 0.29) is 11.0 Å². The Morgan fingerprint density at radius 1 is 1.13 bits per heavy atom. The molecule has 2 aromatic carbocycles. The highest BCUT2D eigenvalue weighted by atomic mass is 16.5. The summed E-state index contributed by atoms with van der Waals surface area (Å²) in [4.78, 5) is 13.6. The number of nitrogens with one attached hydrogen (secondary N) is 1. The third kappa shape index (κ3) is 4.12. The summed E-state index contributed by atoms with van der Waals surface area (Å²) in [6.07, 6.45) is 6.74. The summed E-state index contributed by atoms with van der Waals surface area (Å²) < 4.78 is 8.08. The fourth-order valence-electron chi connectivity index (χ4n) is 6.23. The monoisotopic (exact) mass is 522 g/mol. The number of nitrogens with zero attached hydrogens (tertiary/aromatic N) is 6. The lowest BCUT2D eigenvalue weighted by Crippen LogP contribution is -2.66. The second-order valence-electron chi connectivity index (χ2n) is 11.3. The Morgan fingerprint density at radius 3 is 2.62 bits per heavy atom. The van der Waals surface area contributed by atoms with E-state index in [1.165, 1.54) is 5.52 Å². The molecule has 4 aromatic rings. The molecule has 0 aliphatic heterocycles. The molecule has 200 valence electrons. The van der Waals surface area contributed by atoms with Gasteiger partial charge in [0.05, 0.1) is 41.4 Å². The molecule has 9 nitrogen and oxygen atoms in total. The number of hydrogen-bond donors (Lipinski definition) is 2. The van der Waals surface area contributed by atoms with Crippen molar-refractivity contribution in [2.24, 2.45) is 5.41 Å². The van der Waals surface area contributed by atoms with E-state index in [4.69, 9.17) is 15.5 Å². The van der Waals surface area contributed by atoms with Gasteiger partial charge < -0.3 is 30.2 Å². The number of ether oxygens (including phenoxy) is 1. The smallest absolute Gasteiger partial charge is 0.227 e. The van der Waals surface area contributed by atoms with Crippen molar-refractivity contribution < 1.29 is 4.74 Å². The van der Waals surface area contributed by atoms with Crippen LogP contribution >= 0.6 is 0 Å². The van der Waals surface area contributed by atoms with Crippen LogP contribution in [-0.4, -0.2) is 60.8 Å². The minimum absolute atomic E-state index is 0.0496. The van der Waals surface area contributed by atoms with Crippen LogP contribution in [0, 0.1) is 16.7 Å². The summed E-state index contributed by atoms with van der Waals surface area (Å²) in [6.45, 7) is 1.75. The van der Waals surface area contributed by atoms with Gasteiger partial charge in [-0.3, -0.25) is 0 Å². The summed E-state index contributed by atoms with van der Waals surface area (Å²) in [5.74, 6) is 1.13. The first-order valence-corrected chi connectivity index (χ1v) is 13.2. The highest BCUT2D eigenvalue weighted by Gasteiger charge is 2.69. The van der Waals surface area contributed by atoms with Crippen LogP contribution in [-0.2, 0) is 5.54 Å². The molecular weight excluding hydrogens is 488 g/mol. The average Bonchev–Trinajstić information content (AvgIpc) is 3.26. The van der Waals surface area contributed by atoms with Crippen molar-refractivity contribution in [2.45, 2.75) is 24.8 Å². The molecule has 3 saturated carbocycles. The molecule has 2 heterocycles. The molecule has 3 N–H and O–H groups in total. The van der Waals surface area contributed by atoms with Gasteiger partial charge in [-0.1, -0.05) is 18.2 Å². The van der Waals surface area contributed by atoms with Crippen LogP contribution in [0.1, 0.15) is 19.3 Å². The Kier molecular flexibility index (Phi) is 5.88. The molecule has 0 radical (unpaired) electrons. The molecule has 9 heteroatoms. The van der Waals surface area contributed by atoms with E-state index >= 15 is 0 Å². The van der Waals surface area contributed by atoms with Crippen molar-refractivity contribution in [1.29, 1.82) is 5.26 Å². The molecule has 2 aromatic heterocycles. The lowest BCUT2D eigenvalue weighted by Gasteiger charge is -2.67. The van der Waals surface area contributed by atoms with Gasteiger partial charge in [0, 0.05) is 60.6 Å². The summed E-state index contributed by atoms with van der Waals surface area (Å²) >= 11 is 0. The fraction of sp³-hybridized carbons (Fsp3) is 0.367. The highest BCUT2D eigenvalue weighted by molar-refractivity contribution is 5.95. The van der Waals surface area contributed by atoms with Crippen LogP contribution in [0.2, 0.25) is 0 Å². The minimum Gasteiger partial charge on any atom is -0.494 e. The van der Waals surface area contributed by atoms with Crippen LogP contribution in [0.4, 0.5) is 23.0 Å². The Hall–Kier alpha value is -4.29. The van der Waals surface area contributed by atoms with Gasteiger partial charge >= 0.3 is 0 Å². The zero-order chi connectivity index (χ0) is 27.4. The zero-order valence-electron chi connectivity index (χ0n) is 22.9. The lowest BCUT2D eigenvalue weighted by atomic mass is 9.40. The number of benzene rings is 2. The lowest BCUT2D eigenvalue weighted by molar-refractivity contribution is -0.143. The first kappa shape index (κ1) is 25.0. The Bertz CT molecular complexity index is 1580. The molecule has 3 fully saturated rings. The number of methoxy groups -OCH3 is 1. The van der Waals surface area contributed by atoms with E-state index in [1.807, 2.05) is 25.2 Å². The maximum Gasteiger partial charge on any atom is 0.227 e. The van der Waals surface area contributed by atoms with E-state index in [1.54, 1.807) is 13.3 Å². The number of nitriles is 1. The number of nitrogens with two attached hydrogens (primary N) is 1. The van der Waals surface area contributed by atoms with Gasteiger partial charge in [0.25, 0.3) is 0 Å². The normalized spacial score (nSPS) is 21.2. The third-order valence-corrected chi connectivity index (χ3v) is 8.28. The number of anilines is 4. The first-order valence-electron chi connectivity index (χ1n) is 13.2. The summed E-state index contributed by atoms with van der Waals surface area (Å²) in [5, 5.41) is 14.0. The maximum absolute atomic E-state index is 9.53. The molecule has 2 bridgehead atoms. The summed E-state index contributed by atoms with van der Waals surface area (Å²) in [7, 11) is 7.78. The van der Waals surface area contributed by atoms with Crippen molar-refractivity contribution in [1.82, 2.24) is 19.4 Å². The largest absolute Gasteiger partial charge is 0.494 e. The second-order valence-corrected chi connectivity index (χ2v) is 11.3. The number of hydrogen-bond acceptors (Lipinski definition) is 8. The van der Waals surface area contributed by atoms with Gasteiger partial charge in [0.2, 0.25) is 5.95 Å². The SMILES string of the molecule is COc1cc(N(C)CCN(C)C)c(N)cc1Nc1nccc(-c2cn(C34CC(C#N)(C3)C4)c3ccccc23)n1. The van der Waals surface area contributed by atoms with Crippen molar-refractivity contribution in [3.05, 3.63) is 54.9 Å². The van der Waals surface area contributed by atoms with E-state index in [2.05, 4.69) is 75.3 Å². The standard InChI is InChI=1S/C30H34N8O/c1-36(2)11-12-37(3)26-14-27(39-4)24(13-22(26)32)35-28-33-10-9-23(34-28)21-15-38(25-8-6-5-7-20(21)25)30-16-29(17-30,18-30)19-31/h5-10,13-15H,11-12,16-18,32H2,1-4H3,(H,33,34,35). The first-order chi connectivity index (χ1) is 18.8. The average molecular weight is 523 g/mol. The van der Waals surface area contributed by atoms with Crippen LogP contribution in [0.3, 0.4) is 0 Å². The maximum atomic E-state index is 9.53. The van der Waals surface area contributed by atoms with Crippen LogP contribution < -0.4 is 20.7 Å². The van der Waals surface area contributed by atoms with E-state index in [9.17, 15) is 5.26 Å². The predicted molar refractivity (Wildman–Crippen MR) is 155 cm³/mol. The summed E-state index contributed by atoms with van der Waals surface area (Å²) in [6, 6.07) is 16.7. The minimum atomic E-state index is -0.116. The second kappa shape index (κ2) is 9.17. The molecule has 3 aliphatic carbocycles. The van der Waals surface area contributed by atoms with Gasteiger partial charge in [-0.2, -0.15) is 5.26 Å². The van der Waals surface area contributed by atoms with Crippen molar-refractivity contribution in [2.75, 3.05) is 57.3 Å². The Labute approximate surface area is 228 Å². The summed E-state index contributed by atoms with van der Waals surface area (Å²) in [5.41, 5.74) is 11.7. The van der Waals surface area contributed by atoms with Gasteiger partial charge in [-0.05, 0) is 51.6 Å². The number of aromatic nitrogens is 3. The number of para-hydroxylation sites is 1. The number of nitrogen functional groups attached to an aromatic ring is 1. The predicted octanol–water partition coefficient (Wildman–Crippen LogP) is 4.83. The van der Waals surface area contributed by atoms with Gasteiger partial charge in [0.15, 0.2) is 0 Å². The van der Waals surface area contributed by atoms with E-state index in [0.29, 0.717) is 23.1 Å². The number of likely N-dealkylation sites (N-methyl/N-ethyl adjacent to an activating group) is 2. The van der Waals surface area contributed by atoms with Crippen molar-refractivity contribution in [3.8, 4) is 23.1 Å². The van der Waals surface area contributed by atoms with Gasteiger partial charge in [-0.25, -0.2) is 9.97 Å². The van der Waals surface area contributed by atoms with Crippen LogP contribution in [0.5, 0.6) is 5.75 Å². The highest BCUT2D eigenvalue weighted by Crippen LogP contribution is 2.71. The van der Waals surface area contributed by atoms with E-state index in [0.717, 1.165) is 54.7 Å². The van der Waals surface area contributed by atoms with Gasteiger partial charge in [0.1, 0.15) is 5.75 Å². The molecule has 0 saturated heterocycles. The van der Waals surface area contributed by atoms with Crippen LogP contribution in [0.25, 0.3) is 22.2 Å². The molecule has 0 unspecified atom stereocenters. The molecule has 0 amide bonds. The third-order valence-electron chi connectivity index (χ3n) is 8.28. The molecule has 7 rings (SSSR count). The molecule has 39 heavy (non-hydrogen) atoms. The van der Waals surface area contributed by atoms with E-state index < -0.39 is 0 Å². The van der Waals surface area contributed by atoms with Crippen molar-refractivity contribution in [3.63, 3.8) is 0 Å². The topological polar surface area (TPSA) is 108 Å². The molecule has 0 spiro atoms. The van der Waals surface area contributed by atoms with Crippen molar-refractivity contribution >= 4 is 33.9 Å². The van der Waals surface area contributed by atoms with Gasteiger partial charge in [-0.15, -0.1) is 0 Å². The zero-order valence-corrected chi connectivity index (χ0v) is 22.9. The fourth-order valence-corrected chi connectivity index (χ4v) is 6.23. The number of rotatable bonds is 9. The number of fused-ring (bicyclic) bond motifs is 1. The molecule has 3 aliphatic rings. The Morgan fingerprint density at radius 2 is 1.90 bits per heavy atom.